The quantitative estimate of drug-likeness (QED) is 0.638. The topological polar surface area (TPSA) is 18.5 Å². The second-order valence-electron chi connectivity index (χ2n) is 5.52. The van der Waals surface area contributed by atoms with Gasteiger partial charge >= 0.3 is 0 Å². The first-order valence-electron chi connectivity index (χ1n) is 7.52. The number of fused-ring (bicyclic) bond motifs is 1. The van der Waals surface area contributed by atoms with Crippen molar-refractivity contribution >= 4 is 22.4 Å². The summed E-state index contributed by atoms with van der Waals surface area (Å²) in [6, 6.07) is 16.1. The van der Waals surface area contributed by atoms with E-state index in [1.165, 1.54) is 5.56 Å². The molecule has 0 N–H and O–H groups in total. The molecule has 0 saturated heterocycles. The molecule has 3 rings (SSSR count). The molecule has 2 nitrogen and oxygen atoms in total. The van der Waals surface area contributed by atoms with Gasteiger partial charge in [-0.2, -0.15) is 0 Å². The van der Waals surface area contributed by atoms with Gasteiger partial charge in [-0.1, -0.05) is 48.0 Å². The summed E-state index contributed by atoms with van der Waals surface area (Å²) in [6.07, 6.45) is 0.771. The van der Waals surface area contributed by atoms with Crippen molar-refractivity contribution in [2.45, 2.75) is 13.3 Å². The van der Waals surface area contributed by atoms with Crippen molar-refractivity contribution in [1.82, 2.24) is 0 Å². The summed E-state index contributed by atoms with van der Waals surface area (Å²) in [5.74, 6) is 1.82. The molecule has 0 amide bonds. The summed E-state index contributed by atoms with van der Waals surface area (Å²) in [5.41, 5.74) is 3.44. The molecule has 0 aliphatic carbocycles. The second kappa shape index (κ2) is 6.51. The third-order valence-electron chi connectivity index (χ3n) is 4.19. The Hall–Kier alpha value is -2.19. The van der Waals surface area contributed by atoms with E-state index in [1.54, 1.807) is 14.2 Å². The molecular weight excluding hydrogens is 308 g/mol. The Morgan fingerprint density at radius 2 is 1.39 bits per heavy atom. The average Bonchev–Trinajstić information content (AvgIpc) is 2.57. The molecule has 23 heavy (non-hydrogen) atoms. The van der Waals surface area contributed by atoms with Crippen LogP contribution in [-0.2, 0) is 6.42 Å². The fourth-order valence-corrected chi connectivity index (χ4v) is 3.19. The van der Waals surface area contributed by atoms with Crippen molar-refractivity contribution in [3.05, 3.63) is 70.2 Å². The summed E-state index contributed by atoms with van der Waals surface area (Å²) >= 11 is 5.99. The molecule has 0 saturated carbocycles. The van der Waals surface area contributed by atoms with Crippen LogP contribution in [-0.4, -0.2) is 14.2 Å². The van der Waals surface area contributed by atoms with Gasteiger partial charge in [0.15, 0.2) is 0 Å². The van der Waals surface area contributed by atoms with Crippen molar-refractivity contribution in [3.63, 3.8) is 0 Å². The molecule has 0 bridgehead atoms. The van der Waals surface area contributed by atoms with Gasteiger partial charge in [0.2, 0.25) is 0 Å². The van der Waals surface area contributed by atoms with Gasteiger partial charge in [-0.3, -0.25) is 0 Å². The lowest BCUT2D eigenvalue weighted by atomic mass is 9.94. The summed E-state index contributed by atoms with van der Waals surface area (Å²) in [6.45, 7) is 2.08. The number of ether oxygens (including phenoxy) is 2. The lowest BCUT2D eigenvalue weighted by Gasteiger charge is -2.19. The van der Waals surface area contributed by atoms with Gasteiger partial charge in [-0.05, 0) is 30.2 Å². The van der Waals surface area contributed by atoms with E-state index in [2.05, 4.69) is 19.1 Å². The number of rotatable bonds is 4. The van der Waals surface area contributed by atoms with Crippen LogP contribution in [0.5, 0.6) is 11.5 Å². The molecule has 0 radical (unpaired) electrons. The van der Waals surface area contributed by atoms with Gasteiger partial charge in [-0.25, -0.2) is 0 Å². The van der Waals surface area contributed by atoms with E-state index in [0.29, 0.717) is 0 Å². The van der Waals surface area contributed by atoms with Gasteiger partial charge in [0.25, 0.3) is 0 Å². The molecule has 0 heterocycles. The van der Waals surface area contributed by atoms with E-state index in [4.69, 9.17) is 21.1 Å². The average molecular weight is 327 g/mol. The highest BCUT2D eigenvalue weighted by molar-refractivity contribution is 6.30. The number of methoxy groups -OCH3 is 2. The Labute approximate surface area is 141 Å². The van der Waals surface area contributed by atoms with Gasteiger partial charge in [0.1, 0.15) is 11.5 Å². The molecule has 118 valence electrons. The Kier molecular flexibility index (Phi) is 4.44. The molecule has 3 heteroatoms. The first-order valence-corrected chi connectivity index (χ1v) is 7.90. The van der Waals surface area contributed by atoms with Crippen LogP contribution < -0.4 is 9.47 Å². The van der Waals surface area contributed by atoms with Crippen molar-refractivity contribution in [2.75, 3.05) is 14.2 Å². The van der Waals surface area contributed by atoms with E-state index in [1.807, 2.05) is 36.4 Å². The van der Waals surface area contributed by atoms with Gasteiger partial charge in [0, 0.05) is 27.8 Å². The van der Waals surface area contributed by atoms with Gasteiger partial charge < -0.3 is 9.47 Å². The zero-order valence-corrected chi connectivity index (χ0v) is 14.3. The van der Waals surface area contributed by atoms with Crippen LogP contribution in [0.15, 0.2) is 48.5 Å². The Morgan fingerprint density at radius 3 is 1.96 bits per heavy atom. The molecule has 0 aliphatic rings. The standard InChI is InChI=1S/C20H19ClO2/c1-13-18(12-14-8-10-15(21)11-9-14)20(23-3)17-7-5-4-6-16(17)19(13)22-2/h4-11H,12H2,1-3H3. The second-order valence-corrected chi connectivity index (χ2v) is 5.96. The van der Waals surface area contributed by atoms with Gasteiger partial charge in [0.05, 0.1) is 14.2 Å². The van der Waals surface area contributed by atoms with E-state index in [9.17, 15) is 0 Å². The summed E-state index contributed by atoms with van der Waals surface area (Å²) in [5, 5.41) is 2.89. The summed E-state index contributed by atoms with van der Waals surface area (Å²) in [4.78, 5) is 0. The predicted octanol–water partition coefficient (Wildman–Crippen LogP) is 5.41. The normalized spacial score (nSPS) is 10.8. The molecule has 0 spiro atoms. The molecular formula is C20H19ClO2. The monoisotopic (exact) mass is 326 g/mol. The number of benzene rings is 3. The van der Waals surface area contributed by atoms with Crippen LogP contribution in [0.4, 0.5) is 0 Å². The maximum atomic E-state index is 5.99. The smallest absolute Gasteiger partial charge is 0.130 e. The minimum atomic E-state index is 0.744. The Morgan fingerprint density at radius 1 is 0.826 bits per heavy atom. The first-order chi connectivity index (χ1) is 11.2. The van der Waals surface area contributed by atoms with Crippen molar-refractivity contribution in [3.8, 4) is 11.5 Å². The maximum Gasteiger partial charge on any atom is 0.130 e. The van der Waals surface area contributed by atoms with Crippen LogP contribution in [0.25, 0.3) is 10.8 Å². The zero-order chi connectivity index (χ0) is 16.4. The van der Waals surface area contributed by atoms with E-state index in [0.717, 1.165) is 44.8 Å². The van der Waals surface area contributed by atoms with E-state index < -0.39 is 0 Å². The largest absolute Gasteiger partial charge is 0.496 e. The predicted molar refractivity (Wildman–Crippen MR) is 96.0 cm³/mol. The SMILES string of the molecule is COc1c(C)c(Cc2ccc(Cl)cc2)c(OC)c2ccccc12. The number of hydrogen-bond acceptors (Lipinski definition) is 2. The highest BCUT2D eigenvalue weighted by Gasteiger charge is 2.18. The van der Waals surface area contributed by atoms with Crippen molar-refractivity contribution < 1.29 is 9.47 Å². The highest BCUT2D eigenvalue weighted by Crippen LogP contribution is 2.41. The van der Waals surface area contributed by atoms with Crippen LogP contribution in [0.1, 0.15) is 16.7 Å². The minimum Gasteiger partial charge on any atom is -0.496 e. The summed E-state index contributed by atoms with van der Waals surface area (Å²) in [7, 11) is 3.44. The fourth-order valence-electron chi connectivity index (χ4n) is 3.07. The molecule has 0 aliphatic heterocycles. The molecule has 0 aromatic heterocycles. The molecule has 0 atom stereocenters. The van der Waals surface area contributed by atoms with Crippen LogP contribution in [0.2, 0.25) is 5.02 Å². The first kappa shape index (κ1) is 15.7. The zero-order valence-electron chi connectivity index (χ0n) is 13.5. The summed E-state index contributed by atoms with van der Waals surface area (Å²) < 4.78 is 11.4. The fraction of sp³-hybridized carbons (Fsp3) is 0.200. The maximum absolute atomic E-state index is 5.99. The number of halogens is 1. The Balaban J connectivity index is 2.22. The van der Waals surface area contributed by atoms with Gasteiger partial charge in [-0.15, -0.1) is 0 Å². The lowest BCUT2D eigenvalue weighted by Crippen LogP contribution is -2.01. The molecule has 0 fully saturated rings. The van der Waals surface area contributed by atoms with Crippen LogP contribution >= 0.6 is 11.6 Å². The Bertz CT molecular complexity index is 838. The highest BCUT2D eigenvalue weighted by atomic mass is 35.5. The molecule has 3 aromatic carbocycles. The third kappa shape index (κ3) is 2.87. The third-order valence-corrected chi connectivity index (χ3v) is 4.44. The van der Waals surface area contributed by atoms with Crippen molar-refractivity contribution in [1.29, 1.82) is 0 Å². The minimum absolute atomic E-state index is 0.744. The van der Waals surface area contributed by atoms with Crippen molar-refractivity contribution in [2.24, 2.45) is 0 Å². The van der Waals surface area contributed by atoms with E-state index >= 15 is 0 Å². The molecule has 3 aromatic rings. The molecule has 0 unspecified atom stereocenters. The lowest BCUT2D eigenvalue weighted by molar-refractivity contribution is 0.404. The van der Waals surface area contributed by atoms with E-state index in [-0.39, 0.29) is 0 Å². The number of hydrogen-bond donors (Lipinski definition) is 0. The van der Waals surface area contributed by atoms with Crippen LogP contribution in [0, 0.1) is 6.92 Å². The van der Waals surface area contributed by atoms with Crippen LogP contribution in [0.3, 0.4) is 0 Å².